The van der Waals surface area contributed by atoms with E-state index in [9.17, 15) is 8.42 Å². The minimum Gasteiger partial charge on any atom is -0.328 e. The van der Waals surface area contributed by atoms with Crippen molar-refractivity contribution in [1.82, 2.24) is 4.72 Å². The molecule has 0 aromatic heterocycles. The maximum atomic E-state index is 13.2. The minimum atomic E-state index is -3.68. The summed E-state index contributed by atoms with van der Waals surface area (Å²) in [5, 5.41) is 2.85. The first-order chi connectivity index (χ1) is 13.5. The molecular weight excluding hydrogens is 392 g/mol. The van der Waals surface area contributed by atoms with Gasteiger partial charge in [-0.1, -0.05) is 48.0 Å². The average Bonchev–Trinajstić information content (AvgIpc) is 2.99. The van der Waals surface area contributed by atoms with Gasteiger partial charge in [-0.25, -0.2) is 8.42 Å². The van der Waals surface area contributed by atoms with Crippen LogP contribution >= 0.6 is 11.6 Å². The van der Waals surface area contributed by atoms with Crippen LogP contribution in [0.3, 0.4) is 0 Å². The Morgan fingerprint density at radius 3 is 2.14 bits per heavy atom. The van der Waals surface area contributed by atoms with Gasteiger partial charge in [-0.15, -0.1) is 0 Å². The van der Waals surface area contributed by atoms with Gasteiger partial charge in [-0.3, -0.25) is 0 Å². The molecule has 146 valence electrons. The molecule has 28 heavy (non-hydrogen) atoms. The molecule has 3 aromatic carbocycles. The van der Waals surface area contributed by atoms with Crippen LogP contribution in [0.1, 0.15) is 37.1 Å². The Balaban J connectivity index is 1.82. The molecule has 0 amide bonds. The summed E-state index contributed by atoms with van der Waals surface area (Å²) < 4.78 is 29.3. The Bertz CT molecular complexity index is 1100. The van der Waals surface area contributed by atoms with Crippen molar-refractivity contribution in [2.75, 3.05) is 13.1 Å². The van der Waals surface area contributed by atoms with Gasteiger partial charge < -0.3 is 4.90 Å². The summed E-state index contributed by atoms with van der Waals surface area (Å²) in [6.45, 7) is 6.13. The molecule has 0 spiro atoms. The van der Waals surface area contributed by atoms with Crippen LogP contribution in [0.25, 0.3) is 10.8 Å². The molecule has 0 bridgehead atoms. The van der Waals surface area contributed by atoms with Crippen molar-refractivity contribution >= 4 is 32.4 Å². The molecule has 1 aliphatic rings. The molecule has 4 nitrogen and oxygen atoms in total. The van der Waals surface area contributed by atoms with Gasteiger partial charge in [0.2, 0.25) is 10.0 Å². The van der Waals surface area contributed by atoms with E-state index in [2.05, 4.69) is 42.8 Å². The van der Waals surface area contributed by atoms with Crippen LogP contribution in [0, 0.1) is 0 Å². The fourth-order valence-electron chi connectivity index (χ4n) is 4.40. The summed E-state index contributed by atoms with van der Waals surface area (Å²) in [7, 11) is -3.68. The lowest BCUT2D eigenvalue weighted by atomic mass is 10.0. The van der Waals surface area contributed by atoms with E-state index in [1.54, 1.807) is 24.3 Å². The average molecular weight is 416 g/mol. The summed E-state index contributed by atoms with van der Waals surface area (Å²) in [4.78, 5) is 1.58. The molecule has 2 N–H and O–H groups in total. The van der Waals surface area contributed by atoms with E-state index in [0.717, 1.165) is 24.0 Å². The zero-order chi connectivity index (χ0) is 19.9. The number of likely N-dealkylation sites (N-methyl/N-ethyl adjacent to an activating group) is 1. The van der Waals surface area contributed by atoms with Gasteiger partial charge in [0.25, 0.3) is 0 Å². The van der Waals surface area contributed by atoms with Gasteiger partial charge >= 0.3 is 0 Å². The fourth-order valence-corrected chi connectivity index (χ4v) is 5.76. The second-order valence-corrected chi connectivity index (χ2v) is 9.34. The normalized spacial score (nSPS) is 18.9. The predicted octanol–water partition coefficient (Wildman–Crippen LogP) is 3.49. The quantitative estimate of drug-likeness (QED) is 0.647. The van der Waals surface area contributed by atoms with E-state index < -0.39 is 10.0 Å². The third-order valence-corrected chi connectivity index (χ3v) is 7.44. The number of hydrogen-bond acceptors (Lipinski definition) is 2. The van der Waals surface area contributed by atoms with E-state index in [1.807, 2.05) is 12.1 Å². The third-order valence-electron chi connectivity index (χ3n) is 5.73. The van der Waals surface area contributed by atoms with Crippen LogP contribution in [0.4, 0.5) is 0 Å². The summed E-state index contributed by atoms with van der Waals surface area (Å²) in [5.74, 6) is 0. The number of nitrogens with one attached hydrogen (secondary N) is 2. The fraction of sp³-hybridized carbons (Fsp3) is 0.273. The first-order valence-electron chi connectivity index (χ1n) is 9.60. The number of quaternary nitrogens is 1. The van der Waals surface area contributed by atoms with Gasteiger partial charge in [-0.05, 0) is 54.4 Å². The van der Waals surface area contributed by atoms with Gasteiger partial charge in [0.05, 0.1) is 18.0 Å². The van der Waals surface area contributed by atoms with Crippen LogP contribution in [0.5, 0.6) is 0 Å². The largest absolute Gasteiger partial charge is 0.328 e. The standard InChI is InChI=1S/C22H23ClN2O2S/c1-3-25(4-2)22-19-10-6-8-15-7-5-9-18(20(15)19)21(22)24-28(26,27)17-13-11-16(23)12-14-17/h5-14,21-22,24H,3-4H2,1-2H3/p+1/t21-,22-/m1/s1. The second kappa shape index (κ2) is 7.48. The number of hydrogen-bond donors (Lipinski definition) is 2. The van der Waals surface area contributed by atoms with Crippen molar-refractivity contribution in [3.63, 3.8) is 0 Å². The van der Waals surface area contributed by atoms with Gasteiger partial charge in [0, 0.05) is 10.6 Å². The minimum absolute atomic E-state index is 0.0400. The van der Waals surface area contributed by atoms with Crippen LogP contribution < -0.4 is 9.62 Å². The predicted molar refractivity (Wildman–Crippen MR) is 113 cm³/mol. The van der Waals surface area contributed by atoms with Crippen molar-refractivity contribution in [2.45, 2.75) is 30.8 Å². The zero-order valence-corrected chi connectivity index (χ0v) is 17.5. The Kier molecular flexibility index (Phi) is 5.19. The van der Waals surface area contributed by atoms with E-state index >= 15 is 0 Å². The van der Waals surface area contributed by atoms with Gasteiger partial charge in [0.1, 0.15) is 12.1 Å². The molecule has 0 radical (unpaired) electrons. The zero-order valence-electron chi connectivity index (χ0n) is 15.9. The van der Waals surface area contributed by atoms with Crippen LogP contribution in [-0.4, -0.2) is 21.5 Å². The lowest BCUT2D eigenvalue weighted by Crippen LogP contribution is -3.12. The molecule has 0 fully saturated rings. The van der Waals surface area contributed by atoms with Gasteiger partial charge in [-0.2, -0.15) is 4.72 Å². The molecule has 0 saturated carbocycles. The number of rotatable bonds is 6. The Hall–Kier alpha value is -1.92. The van der Waals surface area contributed by atoms with Crippen molar-refractivity contribution in [2.24, 2.45) is 0 Å². The smallest absolute Gasteiger partial charge is 0.241 e. The van der Waals surface area contributed by atoms with Crippen LogP contribution in [0.15, 0.2) is 65.6 Å². The van der Waals surface area contributed by atoms with Crippen molar-refractivity contribution in [3.8, 4) is 0 Å². The maximum Gasteiger partial charge on any atom is 0.241 e. The van der Waals surface area contributed by atoms with Gasteiger partial charge in [0.15, 0.2) is 0 Å². The topological polar surface area (TPSA) is 50.6 Å². The summed E-state index contributed by atoms with van der Waals surface area (Å²) >= 11 is 5.93. The second-order valence-electron chi connectivity index (χ2n) is 7.19. The number of benzene rings is 3. The molecule has 6 heteroatoms. The highest BCUT2D eigenvalue weighted by atomic mass is 35.5. The van der Waals surface area contributed by atoms with Crippen molar-refractivity contribution in [3.05, 3.63) is 76.8 Å². The maximum absolute atomic E-state index is 13.2. The summed E-state index contributed by atoms with van der Waals surface area (Å²) in [6, 6.07) is 18.5. The third kappa shape index (κ3) is 3.22. The molecule has 4 rings (SSSR count). The van der Waals surface area contributed by atoms with E-state index in [-0.39, 0.29) is 17.0 Å². The SMILES string of the molecule is CC[NH+](CC)[C@@H]1c2cccc3cccc(c23)[C@H]1NS(=O)(=O)c1ccc(Cl)cc1. The molecular formula is C22H24ClN2O2S+. The highest BCUT2D eigenvalue weighted by molar-refractivity contribution is 7.89. The lowest BCUT2D eigenvalue weighted by molar-refractivity contribution is -0.930. The number of sulfonamides is 1. The summed E-state index contributed by atoms with van der Waals surface area (Å²) in [6.07, 6.45) is 0. The highest BCUT2D eigenvalue weighted by Crippen LogP contribution is 2.43. The Morgan fingerprint density at radius 2 is 1.54 bits per heavy atom. The molecule has 1 aliphatic carbocycles. The molecule has 2 atom stereocenters. The first kappa shape index (κ1) is 19.4. The highest BCUT2D eigenvalue weighted by Gasteiger charge is 2.42. The van der Waals surface area contributed by atoms with E-state index in [4.69, 9.17) is 11.6 Å². The summed E-state index contributed by atoms with van der Waals surface area (Å²) in [5.41, 5.74) is 2.27. The van der Waals surface area contributed by atoms with Crippen molar-refractivity contribution < 1.29 is 13.3 Å². The Morgan fingerprint density at radius 1 is 0.929 bits per heavy atom. The number of halogens is 1. The molecule has 3 aromatic rings. The Labute approximate surface area is 171 Å². The van der Waals surface area contributed by atoms with Crippen molar-refractivity contribution in [1.29, 1.82) is 0 Å². The van der Waals surface area contributed by atoms with Crippen LogP contribution in [0.2, 0.25) is 5.02 Å². The molecule has 0 unspecified atom stereocenters. The molecule has 0 heterocycles. The molecule has 0 saturated heterocycles. The molecule has 0 aliphatic heterocycles. The monoisotopic (exact) mass is 415 g/mol. The van der Waals surface area contributed by atoms with Crippen LogP contribution in [-0.2, 0) is 10.0 Å². The van der Waals surface area contributed by atoms with E-state index in [0.29, 0.717) is 5.02 Å². The van der Waals surface area contributed by atoms with E-state index in [1.165, 1.54) is 15.8 Å². The first-order valence-corrected chi connectivity index (χ1v) is 11.5. The lowest BCUT2D eigenvalue weighted by Gasteiger charge is -2.30.